The van der Waals surface area contributed by atoms with Crippen LogP contribution in [0.4, 0.5) is 14.9 Å². The van der Waals surface area contributed by atoms with Gasteiger partial charge in [0.15, 0.2) is 0 Å². The molecule has 2 aromatic rings. The predicted octanol–water partition coefficient (Wildman–Crippen LogP) is 2.70. The Morgan fingerprint density at radius 1 is 1.17 bits per heavy atom. The zero-order chi connectivity index (χ0) is 16.0. The van der Waals surface area contributed by atoms with Crippen LogP contribution < -0.4 is 10.4 Å². The summed E-state index contributed by atoms with van der Waals surface area (Å²) in [5, 5.41) is 15.0. The van der Waals surface area contributed by atoms with Crippen molar-refractivity contribution in [3.05, 3.63) is 65.5 Å². The number of carbonyl (C=O) groups is 1. The molecule has 2 aliphatic rings. The first-order valence-electron chi connectivity index (χ1n) is 7.73. The SMILES string of the molecule is O=C([O-])N1CCC2C(c3ccc(F)cc3)Nc3ccccc3C21. The van der Waals surface area contributed by atoms with Gasteiger partial charge in [-0.2, -0.15) is 0 Å². The van der Waals surface area contributed by atoms with Crippen molar-refractivity contribution in [3.8, 4) is 0 Å². The van der Waals surface area contributed by atoms with Gasteiger partial charge in [0.25, 0.3) is 0 Å². The minimum atomic E-state index is -1.13. The molecular formula is C18H16FN2O2-. The third-order valence-corrected chi connectivity index (χ3v) is 4.93. The summed E-state index contributed by atoms with van der Waals surface area (Å²) in [6.07, 6.45) is -0.380. The minimum Gasteiger partial charge on any atom is -0.530 e. The predicted molar refractivity (Wildman–Crippen MR) is 82.2 cm³/mol. The Morgan fingerprint density at radius 3 is 2.65 bits per heavy atom. The average Bonchev–Trinajstić information content (AvgIpc) is 3.00. The van der Waals surface area contributed by atoms with Gasteiger partial charge in [0.05, 0.1) is 12.1 Å². The number of nitrogens with zero attached hydrogens (tertiary/aromatic N) is 1. The van der Waals surface area contributed by atoms with Crippen molar-refractivity contribution < 1.29 is 14.3 Å². The number of benzene rings is 2. The standard InChI is InChI=1S/C18H17FN2O2/c19-12-7-5-11(6-8-12)16-14-9-10-21(18(22)23)17(14)13-3-1-2-4-15(13)20-16/h1-8,14,16-17,20H,9-10H2,(H,22,23)/p-1. The Morgan fingerprint density at radius 2 is 1.91 bits per heavy atom. The van der Waals surface area contributed by atoms with E-state index in [1.54, 1.807) is 12.1 Å². The molecule has 1 saturated heterocycles. The second-order valence-corrected chi connectivity index (χ2v) is 6.12. The summed E-state index contributed by atoms with van der Waals surface area (Å²) >= 11 is 0. The second-order valence-electron chi connectivity index (χ2n) is 6.12. The first kappa shape index (κ1) is 14.1. The van der Waals surface area contributed by atoms with Gasteiger partial charge in [0.1, 0.15) is 11.9 Å². The van der Waals surface area contributed by atoms with E-state index < -0.39 is 6.09 Å². The van der Waals surface area contributed by atoms with Crippen molar-refractivity contribution in [1.82, 2.24) is 4.90 Å². The molecule has 0 saturated carbocycles. The highest BCUT2D eigenvalue weighted by molar-refractivity contribution is 5.67. The lowest BCUT2D eigenvalue weighted by Gasteiger charge is -2.40. The Kier molecular flexibility index (Phi) is 3.22. The number of likely N-dealkylation sites (tertiary alicyclic amines) is 1. The van der Waals surface area contributed by atoms with Gasteiger partial charge in [-0.1, -0.05) is 30.3 Å². The monoisotopic (exact) mass is 311 g/mol. The van der Waals surface area contributed by atoms with Crippen LogP contribution in [0.5, 0.6) is 0 Å². The molecule has 4 nitrogen and oxygen atoms in total. The number of para-hydroxylation sites is 1. The lowest BCUT2D eigenvalue weighted by molar-refractivity contribution is -0.267. The lowest BCUT2D eigenvalue weighted by atomic mass is 9.80. The molecule has 4 rings (SSSR count). The normalized spacial score (nSPS) is 25.4. The van der Waals surface area contributed by atoms with Gasteiger partial charge < -0.3 is 20.1 Å². The summed E-state index contributed by atoms with van der Waals surface area (Å²) in [4.78, 5) is 12.9. The maximum Gasteiger partial charge on any atom is 0.137 e. The third kappa shape index (κ3) is 2.23. The molecule has 1 fully saturated rings. The van der Waals surface area contributed by atoms with E-state index in [0.29, 0.717) is 6.54 Å². The van der Waals surface area contributed by atoms with Crippen LogP contribution in [0.2, 0.25) is 0 Å². The van der Waals surface area contributed by atoms with Crippen LogP contribution in [0, 0.1) is 11.7 Å². The Labute approximate surface area is 133 Å². The van der Waals surface area contributed by atoms with Crippen molar-refractivity contribution in [2.75, 3.05) is 11.9 Å². The molecule has 2 aromatic carbocycles. The van der Waals surface area contributed by atoms with Gasteiger partial charge in [-0.15, -0.1) is 0 Å². The fourth-order valence-electron chi connectivity index (χ4n) is 3.93. The Balaban J connectivity index is 1.79. The van der Waals surface area contributed by atoms with Crippen molar-refractivity contribution in [3.63, 3.8) is 0 Å². The highest BCUT2D eigenvalue weighted by atomic mass is 19.1. The molecule has 118 valence electrons. The van der Waals surface area contributed by atoms with Crippen LogP contribution in [0.15, 0.2) is 48.5 Å². The van der Waals surface area contributed by atoms with E-state index in [9.17, 15) is 14.3 Å². The largest absolute Gasteiger partial charge is 0.530 e. The molecule has 5 heteroatoms. The van der Waals surface area contributed by atoms with Crippen molar-refractivity contribution in [1.29, 1.82) is 0 Å². The molecule has 0 bridgehead atoms. The smallest absolute Gasteiger partial charge is 0.137 e. The molecule has 2 aliphatic heterocycles. The van der Waals surface area contributed by atoms with Crippen LogP contribution in [0.25, 0.3) is 0 Å². The van der Waals surface area contributed by atoms with Crippen LogP contribution in [0.3, 0.4) is 0 Å². The quantitative estimate of drug-likeness (QED) is 0.881. The fraction of sp³-hybridized carbons (Fsp3) is 0.278. The van der Waals surface area contributed by atoms with Gasteiger partial charge in [-0.05, 0) is 35.7 Å². The average molecular weight is 311 g/mol. The summed E-state index contributed by atoms with van der Waals surface area (Å²) < 4.78 is 13.2. The summed E-state index contributed by atoms with van der Waals surface area (Å²) in [6.45, 7) is 0.464. The number of anilines is 1. The minimum absolute atomic E-state index is 0.0418. The van der Waals surface area contributed by atoms with E-state index in [2.05, 4.69) is 5.32 Å². The number of fused-ring (bicyclic) bond motifs is 3. The molecule has 1 amide bonds. The maximum absolute atomic E-state index is 13.2. The Bertz CT molecular complexity index is 747. The third-order valence-electron chi connectivity index (χ3n) is 4.93. The second kappa shape index (κ2) is 5.26. The number of rotatable bonds is 1. The van der Waals surface area contributed by atoms with Gasteiger partial charge in [0, 0.05) is 18.2 Å². The molecule has 0 aromatic heterocycles. The van der Waals surface area contributed by atoms with Gasteiger partial charge in [-0.3, -0.25) is 0 Å². The zero-order valence-electron chi connectivity index (χ0n) is 12.4. The van der Waals surface area contributed by atoms with E-state index in [-0.39, 0.29) is 23.8 Å². The van der Waals surface area contributed by atoms with E-state index in [1.165, 1.54) is 17.0 Å². The number of amides is 1. The van der Waals surface area contributed by atoms with Gasteiger partial charge >= 0.3 is 0 Å². The summed E-state index contributed by atoms with van der Waals surface area (Å²) in [6, 6.07) is 13.9. The topological polar surface area (TPSA) is 55.4 Å². The van der Waals surface area contributed by atoms with Gasteiger partial charge in [-0.25, -0.2) is 4.39 Å². The lowest BCUT2D eigenvalue weighted by Crippen LogP contribution is -2.43. The van der Waals surface area contributed by atoms with Crippen LogP contribution in [-0.2, 0) is 0 Å². The maximum atomic E-state index is 13.2. The molecule has 3 unspecified atom stereocenters. The molecule has 0 aliphatic carbocycles. The number of hydrogen-bond donors (Lipinski definition) is 1. The molecule has 23 heavy (non-hydrogen) atoms. The van der Waals surface area contributed by atoms with Crippen molar-refractivity contribution in [2.24, 2.45) is 5.92 Å². The molecule has 0 radical (unpaired) electrons. The Hall–Kier alpha value is -2.56. The van der Waals surface area contributed by atoms with Crippen LogP contribution in [-0.4, -0.2) is 17.5 Å². The van der Waals surface area contributed by atoms with Crippen LogP contribution in [0.1, 0.15) is 29.6 Å². The molecule has 3 atom stereocenters. The number of nitrogens with one attached hydrogen (secondary N) is 1. The van der Waals surface area contributed by atoms with Crippen molar-refractivity contribution >= 4 is 11.8 Å². The van der Waals surface area contributed by atoms with Crippen molar-refractivity contribution in [2.45, 2.75) is 18.5 Å². The van der Waals surface area contributed by atoms with E-state index in [1.807, 2.05) is 24.3 Å². The van der Waals surface area contributed by atoms with Gasteiger partial charge in [0.2, 0.25) is 0 Å². The number of carboxylic acid groups (broad SMARTS) is 1. The highest BCUT2D eigenvalue weighted by Crippen LogP contribution is 2.50. The van der Waals surface area contributed by atoms with E-state index in [0.717, 1.165) is 23.2 Å². The molecule has 2 heterocycles. The first-order chi connectivity index (χ1) is 11.1. The van der Waals surface area contributed by atoms with E-state index in [4.69, 9.17) is 0 Å². The highest BCUT2D eigenvalue weighted by Gasteiger charge is 2.44. The summed E-state index contributed by atoms with van der Waals surface area (Å²) in [5.74, 6) is -0.169. The zero-order valence-corrected chi connectivity index (χ0v) is 12.4. The molecule has 0 spiro atoms. The summed E-state index contributed by atoms with van der Waals surface area (Å²) in [7, 11) is 0. The molecule has 1 N–H and O–H groups in total. The number of carbonyl (C=O) groups excluding carboxylic acids is 1. The van der Waals surface area contributed by atoms with Crippen LogP contribution >= 0.6 is 0 Å². The van der Waals surface area contributed by atoms with E-state index >= 15 is 0 Å². The summed E-state index contributed by atoms with van der Waals surface area (Å²) in [5.41, 5.74) is 2.88. The number of hydrogen-bond acceptors (Lipinski definition) is 3. The first-order valence-corrected chi connectivity index (χ1v) is 7.73. The molecular weight excluding hydrogens is 295 g/mol. The number of halogens is 1. The fourth-order valence-corrected chi connectivity index (χ4v) is 3.93.